The molecule has 0 saturated carbocycles. The van der Waals surface area contributed by atoms with Gasteiger partial charge in [-0.3, -0.25) is 0 Å². The molecule has 0 unspecified atom stereocenters. The fourth-order valence-electron chi connectivity index (χ4n) is 1.70. The Labute approximate surface area is 137 Å². The number of nitrogens with one attached hydrogen (secondary N) is 2. The molecule has 0 bridgehead atoms. The van der Waals surface area contributed by atoms with Gasteiger partial charge in [0.05, 0.1) is 12.3 Å². The maximum Gasteiger partial charge on any atom is 0.175 e. The fourth-order valence-corrected chi connectivity index (χ4v) is 2.47. The Balaban J connectivity index is 2.05. The average Bonchev–Trinajstić information content (AvgIpc) is 2.41. The molecular weight excluding hydrogens is 383 g/mol. The summed E-state index contributed by atoms with van der Waals surface area (Å²) in [5, 5.41) is 6.86. The first-order valence-corrected chi connectivity index (χ1v) is 7.73. The standard InChI is InChI=1S/C15H15IN2OS/c1-2-19-14-9-4-3-8-13(14)18-15(20)17-12-7-5-6-11(16)10-12/h3-10H,2H2,1H3,(H2,17,18,20). The molecule has 3 nitrogen and oxygen atoms in total. The largest absolute Gasteiger partial charge is 0.492 e. The Hall–Kier alpha value is -1.34. The number of anilines is 2. The smallest absolute Gasteiger partial charge is 0.175 e. The summed E-state index contributed by atoms with van der Waals surface area (Å²) in [6.07, 6.45) is 0. The summed E-state index contributed by atoms with van der Waals surface area (Å²) in [4.78, 5) is 0. The minimum Gasteiger partial charge on any atom is -0.492 e. The second kappa shape index (κ2) is 7.44. The van der Waals surface area contributed by atoms with Crippen LogP contribution in [0.2, 0.25) is 0 Å². The molecular formula is C15H15IN2OS. The van der Waals surface area contributed by atoms with Crippen LogP contribution in [0.15, 0.2) is 48.5 Å². The van der Waals surface area contributed by atoms with Gasteiger partial charge in [0, 0.05) is 9.26 Å². The predicted molar refractivity (Wildman–Crippen MR) is 96.6 cm³/mol. The molecule has 0 amide bonds. The molecule has 2 N–H and O–H groups in total. The van der Waals surface area contributed by atoms with E-state index >= 15 is 0 Å². The minimum atomic E-state index is 0.541. The van der Waals surface area contributed by atoms with E-state index in [4.69, 9.17) is 17.0 Å². The van der Waals surface area contributed by atoms with E-state index in [0.29, 0.717) is 11.7 Å². The van der Waals surface area contributed by atoms with Gasteiger partial charge in [-0.1, -0.05) is 18.2 Å². The van der Waals surface area contributed by atoms with Gasteiger partial charge >= 0.3 is 0 Å². The van der Waals surface area contributed by atoms with Crippen molar-refractivity contribution in [2.24, 2.45) is 0 Å². The zero-order valence-electron chi connectivity index (χ0n) is 11.0. The van der Waals surface area contributed by atoms with Gasteiger partial charge in [-0.25, -0.2) is 0 Å². The highest BCUT2D eigenvalue weighted by molar-refractivity contribution is 14.1. The highest BCUT2D eigenvalue weighted by Crippen LogP contribution is 2.24. The molecule has 0 aliphatic rings. The lowest BCUT2D eigenvalue weighted by Crippen LogP contribution is -2.19. The van der Waals surface area contributed by atoms with Crippen LogP contribution in [-0.4, -0.2) is 11.7 Å². The van der Waals surface area contributed by atoms with Crippen LogP contribution in [0.5, 0.6) is 5.75 Å². The van der Waals surface area contributed by atoms with Crippen molar-refractivity contribution in [2.75, 3.05) is 17.2 Å². The van der Waals surface area contributed by atoms with Crippen LogP contribution in [0.3, 0.4) is 0 Å². The minimum absolute atomic E-state index is 0.541. The van der Waals surface area contributed by atoms with Gasteiger partial charge in [-0.2, -0.15) is 0 Å². The molecule has 0 heterocycles. The third kappa shape index (κ3) is 4.35. The van der Waals surface area contributed by atoms with E-state index in [2.05, 4.69) is 33.2 Å². The van der Waals surface area contributed by atoms with E-state index in [1.807, 2.05) is 55.5 Å². The second-order valence-electron chi connectivity index (χ2n) is 4.02. The Kier molecular flexibility index (Phi) is 5.60. The summed E-state index contributed by atoms with van der Waals surface area (Å²) in [6, 6.07) is 15.8. The highest BCUT2D eigenvalue weighted by Gasteiger charge is 2.04. The average molecular weight is 398 g/mol. The number of ether oxygens (including phenoxy) is 1. The van der Waals surface area contributed by atoms with E-state index < -0.39 is 0 Å². The van der Waals surface area contributed by atoms with Crippen molar-refractivity contribution in [3.8, 4) is 5.75 Å². The fraction of sp³-hybridized carbons (Fsp3) is 0.133. The van der Waals surface area contributed by atoms with Gasteiger partial charge in [-0.05, 0) is 72.1 Å². The summed E-state index contributed by atoms with van der Waals surface area (Å²) >= 11 is 7.59. The van der Waals surface area contributed by atoms with Crippen LogP contribution in [0, 0.1) is 3.57 Å². The second-order valence-corrected chi connectivity index (χ2v) is 5.67. The quantitative estimate of drug-likeness (QED) is 0.587. The summed E-state index contributed by atoms with van der Waals surface area (Å²) in [7, 11) is 0. The summed E-state index contributed by atoms with van der Waals surface area (Å²) < 4.78 is 6.71. The van der Waals surface area contributed by atoms with Gasteiger partial charge < -0.3 is 15.4 Å². The molecule has 2 rings (SSSR count). The summed E-state index contributed by atoms with van der Waals surface area (Å²) in [5.41, 5.74) is 1.82. The molecule has 0 aromatic heterocycles. The molecule has 2 aromatic carbocycles. The number of benzene rings is 2. The SMILES string of the molecule is CCOc1ccccc1NC(=S)Nc1cccc(I)c1. The first-order valence-electron chi connectivity index (χ1n) is 6.24. The third-order valence-electron chi connectivity index (χ3n) is 2.52. The zero-order valence-corrected chi connectivity index (χ0v) is 14.0. The Morgan fingerprint density at radius 1 is 1.15 bits per heavy atom. The maximum absolute atomic E-state index is 5.56. The van der Waals surface area contributed by atoms with Gasteiger partial charge in [-0.15, -0.1) is 0 Å². The van der Waals surface area contributed by atoms with Crippen LogP contribution < -0.4 is 15.4 Å². The maximum atomic E-state index is 5.56. The lowest BCUT2D eigenvalue weighted by Gasteiger charge is -2.14. The third-order valence-corrected chi connectivity index (χ3v) is 3.39. The van der Waals surface area contributed by atoms with Crippen LogP contribution in [-0.2, 0) is 0 Å². The summed E-state index contributed by atoms with van der Waals surface area (Å²) in [5.74, 6) is 0.793. The Bertz CT molecular complexity index is 604. The van der Waals surface area contributed by atoms with E-state index in [1.165, 1.54) is 0 Å². The monoisotopic (exact) mass is 398 g/mol. The normalized spacial score (nSPS) is 9.90. The Morgan fingerprint density at radius 3 is 2.70 bits per heavy atom. The number of hydrogen-bond donors (Lipinski definition) is 2. The molecule has 0 aliphatic heterocycles. The van der Waals surface area contributed by atoms with E-state index in [9.17, 15) is 0 Å². The van der Waals surface area contributed by atoms with Crippen molar-refractivity contribution in [2.45, 2.75) is 6.92 Å². The molecule has 0 aliphatic carbocycles. The van der Waals surface area contributed by atoms with Crippen LogP contribution >= 0.6 is 34.8 Å². The number of halogens is 1. The molecule has 20 heavy (non-hydrogen) atoms. The van der Waals surface area contributed by atoms with Crippen molar-refractivity contribution in [3.63, 3.8) is 0 Å². The molecule has 5 heteroatoms. The van der Waals surface area contributed by atoms with E-state index in [1.54, 1.807) is 0 Å². The van der Waals surface area contributed by atoms with Crippen molar-refractivity contribution in [3.05, 3.63) is 52.1 Å². The van der Waals surface area contributed by atoms with Crippen molar-refractivity contribution in [1.82, 2.24) is 0 Å². The highest BCUT2D eigenvalue weighted by atomic mass is 127. The van der Waals surface area contributed by atoms with Gasteiger partial charge in [0.25, 0.3) is 0 Å². The van der Waals surface area contributed by atoms with Gasteiger partial charge in [0.1, 0.15) is 5.75 Å². The van der Waals surface area contributed by atoms with Crippen molar-refractivity contribution in [1.29, 1.82) is 0 Å². The number of rotatable bonds is 4. The van der Waals surface area contributed by atoms with E-state index in [0.717, 1.165) is 20.7 Å². The molecule has 2 aromatic rings. The van der Waals surface area contributed by atoms with Gasteiger partial charge in [0.2, 0.25) is 0 Å². The van der Waals surface area contributed by atoms with Crippen molar-refractivity contribution < 1.29 is 4.74 Å². The number of hydrogen-bond acceptors (Lipinski definition) is 2. The lowest BCUT2D eigenvalue weighted by molar-refractivity contribution is 0.342. The molecule has 0 radical (unpaired) electrons. The van der Waals surface area contributed by atoms with E-state index in [-0.39, 0.29) is 0 Å². The molecule has 104 valence electrons. The first kappa shape index (κ1) is 15.1. The number of para-hydroxylation sites is 2. The zero-order chi connectivity index (χ0) is 14.4. The molecule has 0 spiro atoms. The van der Waals surface area contributed by atoms with Gasteiger partial charge in [0.15, 0.2) is 5.11 Å². The van der Waals surface area contributed by atoms with Crippen molar-refractivity contribution >= 4 is 51.3 Å². The van der Waals surface area contributed by atoms with Crippen LogP contribution in [0.4, 0.5) is 11.4 Å². The summed E-state index contributed by atoms with van der Waals surface area (Å²) in [6.45, 7) is 2.58. The predicted octanol–water partition coefficient (Wildman–Crippen LogP) is 4.50. The van der Waals surface area contributed by atoms with Crippen LogP contribution in [0.1, 0.15) is 6.92 Å². The Morgan fingerprint density at radius 2 is 1.95 bits per heavy atom. The number of thiocarbonyl (C=S) groups is 1. The molecule has 0 fully saturated rings. The molecule has 0 atom stereocenters. The lowest BCUT2D eigenvalue weighted by atomic mass is 10.3. The topological polar surface area (TPSA) is 33.3 Å². The van der Waals surface area contributed by atoms with Crippen LogP contribution in [0.25, 0.3) is 0 Å². The molecule has 0 saturated heterocycles. The first-order chi connectivity index (χ1) is 9.69.